The maximum Gasteiger partial charge on any atom is 0.0716 e. The molecule has 52 valence electrons. The third-order valence-corrected chi connectivity index (χ3v) is 2.42. The minimum Gasteiger partial charge on any atom is -0.465 e. The van der Waals surface area contributed by atoms with Gasteiger partial charge in [-0.1, -0.05) is 0 Å². The highest BCUT2D eigenvalue weighted by Gasteiger charge is 2.45. The van der Waals surface area contributed by atoms with Crippen LogP contribution in [0.5, 0.6) is 0 Å². The first kappa shape index (κ1) is 5.69. The van der Waals surface area contributed by atoms with E-state index in [2.05, 4.69) is 12.4 Å². The van der Waals surface area contributed by atoms with Gasteiger partial charge in [0.25, 0.3) is 0 Å². The van der Waals surface area contributed by atoms with Gasteiger partial charge in [0.05, 0.1) is 18.6 Å². The second-order valence-electron chi connectivity index (χ2n) is 3.38. The molecule has 0 aromatic carbocycles. The number of hydrogen-bond donors (Lipinski definition) is 2. The van der Waals surface area contributed by atoms with Crippen LogP contribution in [0.25, 0.3) is 0 Å². The predicted octanol–water partition coefficient (Wildman–Crippen LogP) is -1.20. The summed E-state index contributed by atoms with van der Waals surface area (Å²) in [6, 6.07) is 0. The first-order valence-electron chi connectivity index (χ1n) is 3.72. The molecule has 2 fully saturated rings. The molecule has 1 aliphatic heterocycles. The number of hydrogen-bond acceptors (Lipinski definition) is 1. The van der Waals surface area contributed by atoms with Crippen molar-refractivity contribution in [3.8, 4) is 0 Å². The van der Waals surface area contributed by atoms with E-state index in [1.54, 1.807) is 0 Å². The molecule has 0 bridgehead atoms. The van der Waals surface area contributed by atoms with Gasteiger partial charge < -0.3 is 10.2 Å². The topological polar surface area (TPSA) is 16.5 Å². The number of rotatable bonds is 0. The lowest BCUT2D eigenvalue weighted by Gasteiger charge is -2.32. The second-order valence-corrected chi connectivity index (χ2v) is 3.38. The molecule has 0 amide bonds. The third-order valence-electron chi connectivity index (χ3n) is 2.42. The van der Waals surface area contributed by atoms with E-state index in [9.17, 15) is 0 Å². The van der Waals surface area contributed by atoms with Gasteiger partial charge in [-0.2, -0.15) is 7.05 Å². The van der Waals surface area contributed by atoms with E-state index in [0.29, 0.717) is 5.54 Å². The third kappa shape index (κ3) is 0.970. The van der Waals surface area contributed by atoms with Crippen LogP contribution in [0.2, 0.25) is 0 Å². The minimum atomic E-state index is 0.551. The van der Waals surface area contributed by atoms with E-state index in [1.165, 1.54) is 37.4 Å². The van der Waals surface area contributed by atoms with Crippen molar-refractivity contribution in [3.05, 3.63) is 7.05 Å². The Morgan fingerprint density at radius 2 is 2.22 bits per heavy atom. The van der Waals surface area contributed by atoms with E-state index in [1.807, 2.05) is 0 Å². The Kier molecular flexibility index (Phi) is 1.08. The maximum atomic E-state index is 4.01. The average molecular weight is 126 g/mol. The van der Waals surface area contributed by atoms with E-state index < -0.39 is 0 Å². The first-order chi connectivity index (χ1) is 4.31. The second kappa shape index (κ2) is 1.70. The number of nitrogens with one attached hydrogen (secondary N) is 2. The Labute approximate surface area is 56.2 Å². The van der Waals surface area contributed by atoms with Crippen molar-refractivity contribution in [1.29, 1.82) is 0 Å². The quantitative estimate of drug-likeness (QED) is 0.390. The summed E-state index contributed by atoms with van der Waals surface area (Å²) in [5.41, 5.74) is 0.551. The fraction of sp³-hybridized carbons (Fsp3) is 0.857. The molecule has 2 N–H and O–H groups in total. The van der Waals surface area contributed by atoms with Crippen molar-refractivity contribution in [2.24, 2.45) is 0 Å². The molecule has 1 saturated heterocycles. The monoisotopic (exact) mass is 126 g/mol. The molecule has 9 heavy (non-hydrogen) atoms. The van der Waals surface area contributed by atoms with Gasteiger partial charge in [0, 0.05) is 6.54 Å². The molecule has 1 aliphatic carbocycles. The molecule has 1 atom stereocenters. The maximum absolute atomic E-state index is 4.01. The van der Waals surface area contributed by atoms with Gasteiger partial charge in [-0.25, -0.2) is 0 Å². The van der Waals surface area contributed by atoms with Crippen molar-refractivity contribution < 1.29 is 4.90 Å². The number of piperazine rings is 1. The van der Waals surface area contributed by atoms with Gasteiger partial charge in [-0.15, -0.1) is 0 Å². The number of quaternary nitrogens is 1. The molecule has 1 unspecified atom stereocenters. The minimum absolute atomic E-state index is 0.551. The summed E-state index contributed by atoms with van der Waals surface area (Å²) in [5.74, 6) is 0. The largest absolute Gasteiger partial charge is 0.465 e. The smallest absolute Gasteiger partial charge is 0.0716 e. The van der Waals surface area contributed by atoms with Gasteiger partial charge in [-0.3, -0.25) is 0 Å². The van der Waals surface area contributed by atoms with Crippen LogP contribution < -0.4 is 10.2 Å². The molecular weight excluding hydrogens is 112 g/mol. The van der Waals surface area contributed by atoms with E-state index in [4.69, 9.17) is 0 Å². The van der Waals surface area contributed by atoms with Crippen molar-refractivity contribution in [2.75, 3.05) is 19.6 Å². The molecule has 0 aromatic rings. The molecule has 0 radical (unpaired) electrons. The molecule has 1 heterocycles. The van der Waals surface area contributed by atoms with Gasteiger partial charge in [-0.05, 0) is 12.8 Å². The van der Waals surface area contributed by atoms with Gasteiger partial charge in [0.1, 0.15) is 0 Å². The zero-order valence-corrected chi connectivity index (χ0v) is 5.74. The summed E-state index contributed by atoms with van der Waals surface area (Å²) in [5, 5.41) is 3.54. The van der Waals surface area contributed by atoms with Crippen LogP contribution in [0, 0.1) is 7.05 Å². The summed E-state index contributed by atoms with van der Waals surface area (Å²) in [6.45, 7) is 3.60. The van der Waals surface area contributed by atoms with Crippen molar-refractivity contribution in [3.63, 3.8) is 0 Å². The predicted molar refractivity (Wildman–Crippen MR) is 36.0 cm³/mol. The molecule has 1 saturated carbocycles. The van der Waals surface area contributed by atoms with Crippen LogP contribution in [0.3, 0.4) is 0 Å². The normalized spacial score (nSPS) is 39.0. The average Bonchev–Trinajstić information content (AvgIpc) is 2.49. The SMILES string of the molecule is [CH2-][NH+]1CCNC2(CC2)C1. The summed E-state index contributed by atoms with van der Waals surface area (Å²) in [6.07, 6.45) is 2.76. The molecule has 0 aromatic heterocycles. The standard InChI is InChI=1S/C7H14N2/c1-9-5-4-8-7(6-9)2-3-7/h8-9H,1-6H2. The molecular formula is C7H14N2. The van der Waals surface area contributed by atoms with E-state index in [0.717, 1.165) is 0 Å². The van der Waals surface area contributed by atoms with Crippen molar-refractivity contribution in [1.82, 2.24) is 5.32 Å². The fourth-order valence-electron chi connectivity index (χ4n) is 1.64. The molecule has 2 aliphatic rings. The summed E-state index contributed by atoms with van der Waals surface area (Å²) in [4.78, 5) is 1.45. The lowest BCUT2D eigenvalue weighted by Crippen LogP contribution is -3.11. The van der Waals surface area contributed by atoms with Crippen LogP contribution in [0.15, 0.2) is 0 Å². The molecule has 1 spiro atoms. The zero-order chi connectivity index (χ0) is 6.32. The van der Waals surface area contributed by atoms with Crippen LogP contribution in [-0.4, -0.2) is 25.2 Å². The van der Waals surface area contributed by atoms with Crippen molar-refractivity contribution in [2.45, 2.75) is 18.4 Å². The Balaban J connectivity index is 1.96. The highest BCUT2D eigenvalue weighted by atomic mass is 15.2. The first-order valence-corrected chi connectivity index (χ1v) is 3.72. The molecule has 2 rings (SSSR count). The summed E-state index contributed by atoms with van der Waals surface area (Å²) < 4.78 is 0. The van der Waals surface area contributed by atoms with Crippen LogP contribution in [-0.2, 0) is 0 Å². The van der Waals surface area contributed by atoms with Gasteiger partial charge in [0.2, 0.25) is 0 Å². The Bertz CT molecular complexity index is 118. The highest BCUT2D eigenvalue weighted by Crippen LogP contribution is 2.34. The fourth-order valence-corrected chi connectivity index (χ4v) is 1.64. The summed E-state index contributed by atoms with van der Waals surface area (Å²) >= 11 is 0. The van der Waals surface area contributed by atoms with Crippen molar-refractivity contribution >= 4 is 0 Å². The lowest BCUT2D eigenvalue weighted by molar-refractivity contribution is -0.860. The Hall–Kier alpha value is -0.0800. The Morgan fingerprint density at radius 1 is 1.44 bits per heavy atom. The van der Waals surface area contributed by atoms with Gasteiger partial charge in [0.15, 0.2) is 0 Å². The van der Waals surface area contributed by atoms with Crippen LogP contribution in [0.4, 0.5) is 0 Å². The zero-order valence-electron chi connectivity index (χ0n) is 5.74. The summed E-state index contributed by atoms with van der Waals surface area (Å²) in [7, 11) is 4.01. The Morgan fingerprint density at radius 3 is 2.67 bits per heavy atom. The van der Waals surface area contributed by atoms with Crippen LogP contribution >= 0.6 is 0 Å². The van der Waals surface area contributed by atoms with E-state index >= 15 is 0 Å². The molecule has 2 nitrogen and oxygen atoms in total. The van der Waals surface area contributed by atoms with Gasteiger partial charge >= 0.3 is 0 Å². The van der Waals surface area contributed by atoms with Crippen LogP contribution in [0.1, 0.15) is 12.8 Å². The highest BCUT2D eigenvalue weighted by molar-refractivity contribution is 5.02. The van der Waals surface area contributed by atoms with E-state index in [-0.39, 0.29) is 0 Å². The lowest BCUT2D eigenvalue weighted by atomic mass is 10.2. The molecule has 2 heteroatoms.